The van der Waals surface area contributed by atoms with Gasteiger partial charge in [-0.3, -0.25) is 4.79 Å². The Morgan fingerprint density at radius 2 is 1.88 bits per heavy atom. The molecule has 4 nitrogen and oxygen atoms in total. The van der Waals surface area contributed by atoms with Gasteiger partial charge >= 0.3 is 0 Å². The standard InChI is InChI=1S/C13H13N3O/c1-16(11-5-3-2-4-6-11)13(17)12-8-7-10(14)9-15-12/h2-9H,14H2,1H3. The van der Waals surface area contributed by atoms with Crippen LogP contribution in [0.1, 0.15) is 10.5 Å². The van der Waals surface area contributed by atoms with Gasteiger partial charge in [0.15, 0.2) is 0 Å². The highest BCUT2D eigenvalue weighted by Gasteiger charge is 2.13. The molecule has 2 aromatic rings. The summed E-state index contributed by atoms with van der Waals surface area (Å²) in [4.78, 5) is 17.6. The molecule has 1 aromatic carbocycles. The molecule has 86 valence electrons. The fourth-order valence-corrected chi connectivity index (χ4v) is 1.47. The van der Waals surface area contributed by atoms with Gasteiger partial charge in [0.2, 0.25) is 0 Å². The number of aromatic nitrogens is 1. The van der Waals surface area contributed by atoms with Gasteiger partial charge in [-0.2, -0.15) is 0 Å². The molecule has 0 spiro atoms. The Labute approximate surface area is 99.7 Å². The first-order valence-corrected chi connectivity index (χ1v) is 5.23. The van der Waals surface area contributed by atoms with Gasteiger partial charge in [-0.05, 0) is 24.3 Å². The summed E-state index contributed by atoms with van der Waals surface area (Å²) in [5.41, 5.74) is 7.28. The average Bonchev–Trinajstić information content (AvgIpc) is 2.39. The maximum atomic E-state index is 12.1. The van der Waals surface area contributed by atoms with Crippen molar-refractivity contribution in [1.82, 2.24) is 4.98 Å². The van der Waals surface area contributed by atoms with Gasteiger partial charge in [0.05, 0.1) is 11.9 Å². The van der Waals surface area contributed by atoms with E-state index in [0.29, 0.717) is 11.4 Å². The molecule has 17 heavy (non-hydrogen) atoms. The number of para-hydroxylation sites is 1. The number of nitrogen functional groups attached to an aromatic ring is 1. The first-order chi connectivity index (χ1) is 8.18. The molecule has 0 fully saturated rings. The van der Waals surface area contributed by atoms with E-state index in [-0.39, 0.29) is 5.91 Å². The second-order valence-electron chi connectivity index (χ2n) is 3.68. The summed E-state index contributed by atoms with van der Waals surface area (Å²) >= 11 is 0. The molecule has 0 unspecified atom stereocenters. The lowest BCUT2D eigenvalue weighted by molar-refractivity contribution is 0.0988. The number of rotatable bonds is 2. The summed E-state index contributed by atoms with van der Waals surface area (Å²) in [6, 6.07) is 12.7. The first-order valence-electron chi connectivity index (χ1n) is 5.23. The first kappa shape index (κ1) is 11.1. The average molecular weight is 227 g/mol. The Kier molecular flexibility index (Phi) is 3.05. The van der Waals surface area contributed by atoms with E-state index >= 15 is 0 Å². The van der Waals surface area contributed by atoms with Crippen molar-refractivity contribution in [3.8, 4) is 0 Å². The Balaban J connectivity index is 2.23. The van der Waals surface area contributed by atoms with Gasteiger partial charge in [-0.15, -0.1) is 0 Å². The van der Waals surface area contributed by atoms with Crippen molar-refractivity contribution in [3.63, 3.8) is 0 Å². The molecule has 2 rings (SSSR count). The molecule has 0 aliphatic carbocycles. The normalized spacial score (nSPS) is 9.94. The summed E-state index contributed by atoms with van der Waals surface area (Å²) in [5.74, 6) is -0.156. The molecule has 4 heteroatoms. The molecule has 0 atom stereocenters. The lowest BCUT2D eigenvalue weighted by Crippen LogP contribution is -2.26. The predicted octanol–water partition coefficient (Wildman–Crippen LogP) is 1.94. The quantitative estimate of drug-likeness (QED) is 0.852. The van der Waals surface area contributed by atoms with Crippen molar-refractivity contribution < 1.29 is 4.79 Å². The van der Waals surface area contributed by atoms with E-state index < -0.39 is 0 Å². The maximum absolute atomic E-state index is 12.1. The van der Waals surface area contributed by atoms with Crippen LogP contribution in [-0.2, 0) is 0 Å². The number of hydrogen-bond acceptors (Lipinski definition) is 3. The van der Waals surface area contributed by atoms with Gasteiger partial charge in [0, 0.05) is 12.7 Å². The van der Waals surface area contributed by atoms with Crippen LogP contribution in [0.15, 0.2) is 48.7 Å². The van der Waals surface area contributed by atoms with Crippen molar-refractivity contribution in [2.24, 2.45) is 0 Å². The Hall–Kier alpha value is -2.36. The second-order valence-corrected chi connectivity index (χ2v) is 3.68. The summed E-state index contributed by atoms with van der Waals surface area (Å²) in [6.07, 6.45) is 1.48. The van der Waals surface area contributed by atoms with Crippen molar-refractivity contribution in [3.05, 3.63) is 54.4 Å². The minimum absolute atomic E-state index is 0.156. The van der Waals surface area contributed by atoms with Crippen molar-refractivity contribution in [2.75, 3.05) is 17.7 Å². The maximum Gasteiger partial charge on any atom is 0.276 e. The van der Waals surface area contributed by atoms with Crippen LogP contribution < -0.4 is 10.6 Å². The molecule has 0 aliphatic heterocycles. The molecule has 0 aliphatic rings. The van der Waals surface area contributed by atoms with Gasteiger partial charge in [0.1, 0.15) is 5.69 Å². The number of carbonyl (C=O) groups is 1. The van der Waals surface area contributed by atoms with Crippen LogP contribution in [0.5, 0.6) is 0 Å². The Bertz CT molecular complexity index is 508. The van der Waals surface area contributed by atoms with Gasteiger partial charge in [-0.1, -0.05) is 18.2 Å². The van der Waals surface area contributed by atoms with E-state index in [1.165, 1.54) is 6.20 Å². The molecular formula is C13H13N3O. The minimum atomic E-state index is -0.156. The second kappa shape index (κ2) is 4.65. The van der Waals surface area contributed by atoms with Gasteiger partial charge in [-0.25, -0.2) is 4.98 Å². The van der Waals surface area contributed by atoms with E-state index in [1.54, 1.807) is 24.1 Å². The van der Waals surface area contributed by atoms with Gasteiger partial charge in [0.25, 0.3) is 5.91 Å². The fourth-order valence-electron chi connectivity index (χ4n) is 1.47. The highest BCUT2D eigenvalue weighted by atomic mass is 16.2. The third-order valence-corrected chi connectivity index (χ3v) is 2.45. The zero-order valence-electron chi connectivity index (χ0n) is 9.50. The molecular weight excluding hydrogens is 214 g/mol. The van der Waals surface area contributed by atoms with E-state index in [2.05, 4.69) is 4.98 Å². The smallest absolute Gasteiger partial charge is 0.276 e. The van der Waals surface area contributed by atoms with Crippen molar-refractivity contribution >= 4 is 17.3 Å². The lowest BCUT2D eigenvalue weighted by atomic mass is 10.2. The van der Waals surface area contributed by atoms with E-state index in [1.807, 2.05) is 30.3 Å². The lowest BCUT2D eigenvalue weighted by Gasteiger charge is -2.16. The number of amides is 1. The molecule has 0 saturated heterocycles. The monoisotopic (exact) mass is 227 g/mol. The number of nitrogens with two attached hydrogens (primary N) is 1. The van der Waals surface area contributed by atoms with Crippen molar-refractivity contribution in [1.29, 1.82) is 0 Å². The SMILES string of the molecule is CN(C(=O)c1ccc(N)cn1)c1ccccc1. The molecule has 1 amide bonds. The number of benzene rings is 1. The molecule has 0 radical (unpaired) electrons. The number of pyridine rings is 1. The predicted molar refractivity (Wildman–Crippen MR) is 67.8 cm³/mol. The topological polar surface area (TPSA) is 59.2 Å². The van der Waals surface area contributed by atoms with Crippen LogP contribution >= 0.6 is 0 Å². The number of hydrogen-bond donors (Lipinski definition) is 1. The van der Waals surface area contributed by atoms with Gasteiger partial charge < -0.3 is 10.6 Å². The summed E-state index contributed by atoms with van der Waals surface area (Å²) in [7, 11) is 1.72. The third kappa shape index (κ3) is 2.42. The number of anilines is 2. The largest absolute Gasteiger partial charge is 0.397 e. The Morgan fingerprint density at radius 1 is 1.18 bits per heavy atom. The van der Waals surface area contributed by atoms with Crippen LogP contribution in [-0.4, -0.2) is 17.9 Å². The fraction of sp³-hybridized carbons (Fsp3) is 0.0769. The van der Waals surface area contributed by atoms with Crippen LogP contribution in [0.4, 0.5) is 11.4 Å². The van der Waals surface area contributed by atoms with Crippen LogP contribution in [0.25, 0.3) is 0 Å². The highest BCUT2D eigenvalue weighted by molar-refractivity contribution is 6.04. The number of carbonyl (C=O) groups excluding carboxylic acids is 1. The van der Waals surface area contributed by atoms with Crippen LogP contribution in [0, 0.1) is 0 Å². The van der Waals surface area contributed by atoms with Crippen LogP contribution in [0.2, 0.25) is 0 Å². The third-order valence-electron chi connectivity index (χ3n) is 2.45. The zero-order valence-corrected chi connectivity index (χ0v) is 9.50. The summed E-state index contributed by atoms with van der Waals surface area (Å²) < 4.78 is 0. The number of nitrogens with zero attached hydrogens (tertiary/aromatic N) is 2. The van der Waals surface area contributed by atoms with Crippen LogP contribution in [0.3, 0.4) is 0 Å². The highest BCUT2D eigenvalue weighted by Crippen LogP contribution is 2.14. The van der Waals surface area contributed by atoms with Crippen molar-refractivity contribution in [2.45, 2.75) is 0 Å². The molecule has 1 heterocycles. The minimum Gasteiger partial charge on any atom is -0.397 e. The van der Waals surface area contributed by atoms with E-state index in [0.717, 1.165) is 5.69 Å². The van der Waals surface area contributed by atoms with E-state index in [9.17, 15) is 4.79 Å². The summed E-state index contributed by atoms with van der Waals surface area (Å²) in [6.45, 7) is 0. The zero-order chi connectivity index (χ0) is 12.3. The summed E-state index contributed by atoms with van der Waals surface area (Å²) in [5, 5.41) is 0. The molecule has 2 N–H and O–H groups in total. The molecule has 0 saturated carbocycles. The molecule has 0 bridgehead atoms. The molecule has 1 aromatic heterocycles. The Morgan fingerprint density at radius 3 is 2.47 bits per heavy atom. The van der Waals surface area contributed by atoms with E-state index in [4.69, 9.17) is 5.73 Å².